The molecule has 0 fully saturated rings. The molecular weight excluding hydrogens is 391 g/mol. The van der Waals surface area contributed by atoms with E-state index in [0.29, 0.717) is 24.6 Å². The van der Waals surface area contributed by atoms with Gasteiger partial charge in [-0.1, -0.05) is 47.2 Å². The van der Waals surface area contributed by atoms with Gasteiger partial charge in [-0.3, -0.25) is 9.69 Å². The van der Waals surface area contributed by atoms with Crippen LogP contribution >= 0.6 is 11.3 Å². The maximum absolute atomic E-state index is 13.8. The molecule has 29 heavy (non-hydrogen) atoms. The van der Waals surface area contributed by atoms with Crippen LogP contribution in [0, 0.1) is 12.7 Å². The Labute approximate surface area is 173 Å². The molecule has 0 aliphatic carbocycles. The van der Waals surface area contributed by atoms with Crippen molar-refractivity contribution in [2.75, 3.05) is 14.2 Å². The summed E-state index contributed by atoms with van der Waals surface area (Å²) in [6.45, 7) is 3.51. The summed E-state index contributed by atoms with van der Waals surface area (Å²) in [6, 6.07) is 12.9. The lowest BCUT2D eigenvalue weighted by atomic mass is 10.1. The van der Waals surface area contributed by atoms with Crippen LogP contribution in [0.2, 0.25) is 0 Å². The maximum Gasteiger partial charge on any atom is 0.282 e. The Morgan fingerprint density at radius 1 is 1.14 bits per heavy atom. The summed E-state index contributed by atoms with van der Waals surface area (Å²) in [6.07, 6.45) is 0. The first-order chi connectivity index (χ1) is 13.9. The van der Waals surface area contributed by atoms with Crippen molar-refractivity contribution in [3.8, 4) is 5.75 Å². The summed E-state index contributed by atoms with van der Waals surface area (Å²) < 4.78 is 18.8. The minimum absolute atomic E-state index is 0.224. The second-order valence-electron chi connectivity index (χ2n) is 6.81. The van der Waals surface area contributed by atoms with Gasteiger partial charge in [-0.2, -0.15) is 0 Å². The van der Waals surface area contributed by atoms with E-state index in [1.54, 1.807) is 6.07 Å². The second kappa shape index (κ2) is 9.58. The van der Waals surface area contributed by atoms with E-state index in [4.69, 9.17) is 4.74 Å². The minimum atomic E-state index is -0.387. The second-order valence-corrected chi connectivity index (χ2v) is 7.87. The van der Waals surface area contributed by atoms with E-state index in [-0.39, 0.29) is 17.5 Å². The Balaban J connectivity index is 1.53. The first-order valence-corrected chi connectivity index (χ1v) is 9.93. The molecule has 8 heteroatoms. The molecule has 2 aromatic carbocycles. The quantitative estimate of drug-likeness (QED) is 0.611. The molecule has 0 saturated heterocycles. The Morgan fingerprint density at radius 3 is 2.55 bits per heavy atom. The highest BCUT2D eigenvalue weighted by molar-refractivity contribution is 7.13. The normalized spacial score (nSPS) is 10.9. The molecule has 0 aliphatic rings. The first-order valence-electron chi connectivity index (χ1n) is 9.11. The number of nitrogens with one attached hydrogen (secondary N) is 1. The van der Waals surface area contributed by atoms with E-state index < -0.39 is 0 Å². The molecule has 0 radical (unpaired) electrons. The molecule has 0 spiro atoms. The van der Waals surface area contributed by atoms with Crippen LogP contribution in [0.1, 0.15) is 31.5 Å². The molecule has 152 valence electrons. The zero-order valence-electron chi connectivity index (χ0n) is 16.6. The molecule has 0 bridgehead atoms. The minimum Gasteiger partial charge on any atom is -0.494 e. The van der Waals surface area contributed by atoms with Gasteiger partial charge in [-0.25, -0.2) is 4.39 Å². The third kappa shape index (κ3) is 5.82. The van der Waals surface area contributed by atoms with Crippen LogP contribution in [-0.4, -0.2) is 35.2 Å². The highest BCUT2D eigenvalue weighted by Crippen LogP contribution is 2.19. The van der Waals surface area contributed by atoms with Crippen LogP contribution in [0.15, 0.2) is 42.5 Å². The number of benzene rings is 2. The summed E-state index contributed by atoms with van der Waals surface area (Å²) in [5.41, 5.74) is 3.03. The number of rotatable bonds is 8. The SMILES string of the molecule is COc1ccc(CN(C)Cc2nnc(C(=O)NCc3ccc(C)cc3)s2)cc1F. The zero-order valence-corrected chi connectivity index (χ0v) is 17.4. The van der Waals surface area contributed by atoms with E-state index in [2.05, 4.69) is 15.5 Å². The fourth-order valence-electron chi connectivity index (χ4n) is 2.78. The molecular formula is C21H23FN4O2S. The summed E-state index contributed by atoms with van der Waals surface area (Å²) >= 11 is 1.26. The van der Waals surface area contributed by atoms with Gasteiger partial charge >= 0.3 is 0 Å². The number of hydrogen-bond acceptors (Lipinski definition) is 6. The molecule has 3 rings (SSSR count). The molecule has 0 unspecified atom stereocenters. The van der Waals surface area contributed by atoms with E-state index in [1.165, 1.54) is 30.1 Å². The number of aryl methyl sites for hydroxylation is 1. The van der Waals surface area contributed by atoms with Crippen molar-refractivity contribution in [1.29, 1.82) is 0 Å². The number of amides is 1. The van der Waals surface area contributed by atoms with Gasteiger partial charge in [0.2, 0.25) is 5.01 Å². The van der Waals surface area contributed by atoms with Gasteiger partial charge in [-0.15, -0.1) is 10.2 Å². The average Bonchev–Trinajstić information content (AvgIpc) is 3.16. The molecule has 1 aromatic heterocycles. The third-order valence-electron chi connectivity index (χ3n) is 4.31. The molecule has 1 heterocycles. The summed E-state index contributed by atoms with van der Waals surface area (Å²) in [7, 11) is 3.34. The van der Waals surface area contributed by atoms with Gasteiger partial charge in [0.25, 0.3) is 5.91 Å². The lowest BCUT2D eigenvalue weighted by Gasteiger charge is -2.15. The molecule has 6 nitrogen and oxygen atoms in total. The number of methoxy groups -OCH3 is 1. The molecule has 1 amide bonds. The third-order valence-corrected chi connectivity index (χ3v) is 5.22. The highest BCUT2D eigenvalue weighted by Gasteiger charge is 2.14. The fourth-order valence-corrected chi connectivity index (χ4v) is 3.62. The van der Waals surface area contributed by atoms with Crippen molar-refractivity contribution in [3.05, 3.63) is 75.0 Å². The van der Waals surface area contributed by atoms with Gasteiger partial charge in [0.1, 0.15) is 5.01 Å². The Morgan fingerprint density at radius 2 is 1.86 bits per heavy atom. The van der Waals surface area contributed by atoms with E-state index in [1.807, 2.05) is 49.2 Å². The van der Waals surface area contributed by atoms with E-state index in [0.717, 1.165) is 16.1 Å². The van der Waals surface area contributed by atoms with Crippen molar-refractivity contribution < 1.29 is 13.9 Å². The number of carbonyl (C=O) groups excluding carboxylic acids is 1. The van der Waals surface area contributed by atoms with Gasteiger partial charge < -0.3 is 10.1 Å². The van der Waals surface area contributed by atoms with Crippen LogP contribution in [-0.2, 0) is 19.6 Å². The average molecular weight is 415 g/mol. The van der Waals surface area contributed by atoms with Gasteiger partial charge in [0.05, 0.1) is 13.7 Å². The molecule has 0 saturated carbocycles. The predicted molar refractivity (Wildman–Crippen MR) is 110 cm³/mol. The maximum atomic E-state index is 13.8. The number of hydrogen-bond donors (Lipinski definition) is 1. The number of ether oxygens (including phenoxy) is 1. The van der Waals surface area contributed by atoms with E-state index >= 15 is 0 Å². The topological polar surface area (TPSA) is 67.3 Å². The smallest absolute Gasteiger partial charge is 0.282 e. The van der Waals surface area contributed by atoms with Crippen molar-refractivity contribution in [1.82, 2.24) is 20.4 Å². The van der Waals surface area contributed by atoms with Gasteiger partial charge in [0, 0.05) is 13.1 Å². The Kier molecular flexibility index (Phi) is 6.90. The number of carbonyl (C=O) groups is 1. The highest BCUT2D eigenvalue weighted by atomic mass is 32.1. The Hall–Kier alpha value is -2.84. The van der Waals surface area contributed by atoms with Crippen LogP contribution in [0.25, 0.3) is 0 Å². The lowest BCUT2D eigenvalue weighted by molar-refractivity contribution is 0.0950. The monoisotopic (exact) mass is 414 g/mol. The fraction of sp³-hybridized carbons (Fsp3) is 0.286. The largest absolute Gasteiger partial charge is 0.494 e. The van der Waals surface area contributed by atoms with Gasteiger partial charge in [0.15, 0.2) is 11.6 Å². The van der Waals surface area contributed by atoms with Crippen molar-refractivity contribution in [2.45, 2.75) is 26.6 Å². The summed E-state index contributed by atoms with van der Waals surface area (Å²) in [4.78, 5) is 14.3. The first kappa shape index (κ1) is 20.9. The van der Waals surface area contributed by atoms with Crippen LogP contribution in [0.5, 0.6) is 5.75 Å². The molecule has 3 aromatic rings. The van der Waals surface area contributed by atoms with Crippen molar-refractivity contribution in [2.24, 2.45) is 0 Å². The van der Waals surface area contributed by atoms with Gasteiger partial charge in [-0.05, 0) is 37.2 Å². The van der Waals surface area contributed by atoms with Crippen molar-refractivity contribution >= 4 is 17.2 Å². The summed E-state index contributed by atoms with van der Waals surface area (Å²) in [5.74, 6) is -0.405. The molecule has 0 aliphatic heterocycles. The molecule has 1 N–H and O–H groups in total. The van der Waals surface area contributed by atoms with E-state index in [9.17, 15) is 9.18 Å². The van der Waals surface area contributed by atoms with Crippen molar-refractivity contribution in [3.63, 3.8) is 0 Å². The van der Waals surface area contributed by atoms with Crippen LogP contribution in [0.4, 0.5) is 4.39 Å². The number of halogens is 1. The zero-order chi connectivity index (χ0) is 20.8. The predicted octanol–water partition coefficient (Wildman–Crippen LogP) is 3.56. The summed E-state index contributed by atoms with van der Waals surface area (Å²) in [5, 5.41) is 12.0. The Bertz CT molecular complexity index is 975. The number of aromatic nitrogens is 2. The standard InChI is InChI=1S/C21H23FN4O2S/c1-14-4-6-15(7-5-14)11-23-20(27)21-25-24-19(29-21)13-26(2)12-16-8-9-18(28-3)17(22)10-16/h4-10H,11-13H2,1-3H3,(H,23,27). The lowest BCUT2D eigenvalue weighted by Crippen LogP contribution is -2.22. The van der Waals surface area contributed by atoms with Crippen LogP contribution < -0.4 is 10.1 Å². The number of nitrogens with zero attached hydrogens (tertiary/aromatic N) is 3. The van der Waals surface area contributed by atoms with Crippen LogP contribution in [0.3, 0.4) is 0 Å². The molecule has 0 atom stereocenters.